The molecule has 0 aliphatic carbocycles. The predicted octanol–water partition coefficient (Wildman–Crippen LogP) is 1.55. The van der Waals surface area contributed by atoms with E-state index in [-0.39, 0.29) is 6.10 Å². The summed E-state index contributed by atoms with van der Waals surface area (Å²) in [6, 6.07) is 10.1. The van der Waals surface area contributed by atoms with Crippen LogP contribution in [0.5, 0.6) is 0 Å². The summed E-state index contributed by atoms with van der Waals surface area (Å²) in [6.45, 7) is 3.05. The molecule has 17 heavy (non-hydrogen) atoms. The normalized spacial score (nSPS) is 12.6. The fraction of sp³-hybridized carbons (Fsp3) is 0.308. The molecule has 1 aromatic heterocycles. The highest BCUT2D eigenvalue weighted by Crippen LogP contribution is 2.20. The van der Waals surface area contributed by atoms with Crippen molar-refractivity contribution in [1.29, 1.82) is 0 Å². The van der Waals surface area contributed by atoms with Crippen molar-refractivity contribution in [1.82, 2.24) is 15.5 Å². The molecule has 4 nitrogen and oxygen atoms in total. The van der Waals surface area contributed by atoms with E-state index in [9.17, 15) is 5.11 Å². The Morgan fingerprint density at radius 1 is 1.35 bits per heavy atom. The summed E-state index contributed by atoms with van der Waals surface area (Å²) in [7, 11) is 0. The zero-order valence-corrected chi connectivity index (χ0v) is 9.85. The molecule has 0 radical (unpaired) electrons. The van der Waals surface area contributed by atoms with Gasteiger partial charge in [0.2, 0.25) is 0 Å². The van der Waals surface area contributed by atoms with E-state index in [4.69, 9.17) is 0 Å². The van der Waals surface area contributed by atoms with Gasteiger partial charge in [-0.05, 0) is 12.5 Å². The Morgan fingerprint density at radius 3 is 2.82 bits per heavy atom. The molecule has 0 spiro atoms. The van der Waals surface area contributed by atoms with E-state index in [1.807, 2.05) is 36.5 Å². The molecule has 1 atom stereocenters. The second-order valence-corrected chi connectivity index (χ2v) is 4.12. The standard InChI is InChI=1S/C13H17N3O/c1-10(17)7-14-8-12-9-15-16-13(12)11-5-3-2-4-6-11/h2-6,9-10,14,17H,7-8H2,1H3,(H,15,16). The summed E-state index contributed by atoms with van der Waals surface area (Å²) in [5.74, 6) is 0. The molecule has 0 saturated carbocycles. The van der Waals surface area contributed by atoms with Crippen LogP contribution in [0, 0.1) is 0 Å². The molecule has 0 aliphatic rings. The number of nitrogens with zero attached hydrogens (tertiary/aromatic N) is 1. The summed E-state index contributed by atoms with van der Waals surface area (Å²) < 4.78 is 0. The first-order valence-electron chi connectivity index (χ1n) is 5.74. The van der Waals surface area contributed by atoms with Crippen molar-refractivity contribution >= 4 is 0 Å². The fourth-order valence-corrected chi connectivity index (χ4v) is 1.72. The van der Waals surface area contributed by atoms with Crippen molar-refractivity contribution in [2.24, 2.45) is 0 Å². The first-order chi connectivity index (χ1) is 8.27. The highest BCUT2D eigenvalue weighted by atomic mass is 16.3. The van der Waals surface area contributed by atoms with Crippen molar-refractivity contribution < 1.29 is 5.11 Å². The minimum Gasteiger partial charge on any atom is -0.392 e. The number of aromatic amines is 1. The van der Waals surface area contributed by atoms with Gasteiger partial charge in [0.1, 0.15) is 0 Å². The number of aromatic nitrogens is 2. The molecule has 0 fully saturated rings. The molecule has 2 rings (SSSR count). The van der Waals surface area contributed by atoms with E-state index in [1.165, 1.54) is 0 Å². The van der Waals surface area contributed by atoms with Crippen molar-refractivity contribution in [2.45, 2.75) is 19.6 Å². The molecule has 0 saturated heterocycles. The largest absolute Gasteiger partial charge is 0.392 e. The quantitative estimate of drug-likeness (QED) is 0.731. The molecule has 3 N–H and O–H groups in total. The zero-order valence-electron chi connectivity index (χ0n) is 9.85. The van der Waals surface area contributed by atoms with Crippen LogP contribution in [-0.4, -0.2) is 28.0 Å². The lowest BCUT2D eigenvalue weighted by Crippen LogP contribution is -2.23. The predicted molar refractivity (Wildman–Crippen MR) is 67.4 cm³/mol. The molecule has 2 aromatic rings. The van der Waals surface area contributed by atoms with Gasteiger partial charge < -0.3 is 10.4 Å². The summed E-state index contributed by atoms with van der Waals surface area (Å²) in [4.78, 5) is 0. The third-order valence-corrected chi connectivity index (χ3v) is 2.54. The lowest BCUT2D eigenvalue weighted by Gasteiger charge is -2.07. The number of hydrogen-bond donors (Lipinski definition) is 3. The Labute approximate surface area is 101 Å². The van der Waals surface area contributed by atoms with Crippen molar-refractivity contribution in [3.05, 3.63) is 42.1 Å². The Kier molecular flexibility index (Phi) is 3.90. The van der Waals surface area contributed by atoms with Gasteiger partial charge in [0.25, 0.3) is 0 Å². The van der Waals surface area contributed by atoms with Crippen LogP contribution >= 0.6 is 0 Å². The first kappa shape index (κ1) is 11.8. The summed E-state index contributed by atoms with van der Waals surface area (Å²) in [5, 5.41) is 19.4. The van der Waals surface area contributed by atoms with Gasteiger partial charge in [-0.3, -0.25) is 5.10 Å². The van der Waals surface area contributed by atoms with Gasteiger partial charge in [0, 0.05) is 18.7 Å². The monoisotopic (exact) mass is 231 g/mol. The van der Waals surface area contributed by atoms with E-state index in [1.54, 1.807) is 6.92 Å². The van der Waals surface area contributed by atoms with Crippen molar-refractivity contribution in [3.63, 3.8) is 0 Å². The lowest BCUT2D eigenvalue weighted by molar-refractivity contribution is 0.191. The minimum atomic E-state index is -0.331. The number of rotatable bonds is 5. The molecular weight excluding hydrogens is 214 g/mol. The van der Waals surface area contributed by atoms with Crippen LogP contribution in [0.3, 0.4) is 0 Å². The van der Waals surface area contributed by atoms with Gasteiger partial charge in [-0.2, -0.15) is 5.10 Å². The molecule has 1 aromatic carbocycles. The zero-order chi connectivity index (χ0) is 12.1. The van der Waals surface area contributed by atoms with Gasteiger partial charge in [0.05, 0.1) is 18.0 Å². The highest BCUT2D eigenvalue weighted by Gasteiger charge is 2.06. The first-order valence-corrected chi connectivity index (χ1v) is 5.74. The Hall–Kier alpha value is -1.65. The number of aliphatic hydroxyl groups is 1. The van der Waals surface area contributed by atoms with E-state index >= 15 is 0 Å². The van der Waals surface area contributed by atoms with Crippen LogP contribution in [0.1, 0.15) is 12.5 Å². The van der Waals surface area contributed by atoms with Gasteiger partial charge in [0.15, 0.2) is 0 Å². The molecular formula is C13H17N3O. The van der Waals surface area contributed by atoms with E-state index < -0.39 is 0 Å². The number of H-pyrrole nitrogens is 1. The SMILES string of the molecule is CC(O)CNCc1cn[nH]c1-c1ccccc1. The molecule has 0 bridgehead atoms. The topological polar surface area (TPSA) is 60.9 Å². The van der Waals surface area contributed by atoms with Gasteiger partial charge in [-0.15, -0.1) is 0 Å². The smallest absolute Gasteiger partial charge is 0.0695 e. The summed E-state index contributed by atoms with van der Waals surface area (Å²) >= 11 is 0. The molecule has 1 unspecified atom stereocenters. The summed E-state index contributed by atoms with van der Waals surface area (Å²) in [6.07, 6.45) is 1.49. The summed E-state index contributed by atoms with van der Waals surface area (Å²) in [5.41, 5.74) is 3.26. The van der Waals surface area contributed by atoms with Crippen LogP contribution in [0.2, 0.25) is 0 Å². The molecule has 4 heteroatoms. The Balaban J connectivity index is 2.07. The maximum atomic E-state index is 9.18. The van der Waals surface area contributed by atoms with Gasteiger partial charge in [-0.25, -0.2) is 0 Å². The molecule has 0 aliphatic heterocycles. The number of nitrogens with one attached hydrogen (secondary N) is 2. The van der Waals surface area contributed by atoms with Crippen molar-refractivity contribution in [2.75, 3.05) is 6.54 Å². The average molecular weight is 231 g/mol. The van der Waals surface area contributed by atoms with Gasteiger partial charge >= 0.3 is 0 Å². The van der Waals surface area contributed by atoms with E-state index in [0.29, 0.717) is 13.1 Å². The van der Waals surface area contributed by atoms with E-state index in [2.05, 4.69) is 15.5 Å². The number of benzene rings is 1. The highest BCUT2D eigenvalue weighted by molar-refractivity contribution is 5.62. The van der Waals surface area contributed by atoms with Crippen LogP contribution in [-0.2, 0) is 6.54 Å². The number of hydrogen-bond acceptors (Lipinski definition) is 3. The van der Waals surface area contributed by atoms with Crippen LogP contribution < -0.4 is 5.32 Å². The Morgan fingerprint density at radius 2 is 2.12 bits per heavy atom. The molecule has 90 valence electrons. The van der Waals surface area contributed by atoms with E-state index in [0.717, 1.165) is 16.8 Å². The fourth-order valence-electron chi connectivity index (χ4n) is 1.72. The lowest BCUT2D eigenvalue weighted by atomic mass is 10.1. The maximum Gasteiger partial charge on any atom is 0.0695 e. The second kappa shape index (κ2) is 5.61. The average Bonchev–Trinajstić information content (AvgIpc) is 2.78. The maximum absolute atomic E-state index is 9.18. The third kappa shape index (κ3) is 3.15. The van der Waals surface area contributed by atoms with Crippen LogP contribution in [0.25, 0.3) is 11.3 Å². The molecule has 0 amide bonds. The van der Waals surface area contributed by atoms with Crippen LogP contribution in [0.15, 0.2) is 36.5 Å². The molecule has 1 heterocycles. The number of aliphatic hydroxyl groups excluding tert-OH is 1. The minimum absolute atomic E-state index is 0.331. The van der Waals surface area contributed by atoms with Crippen molar-refractivity contribution in [3.8, 4) is 11.3 Å². The third-order valence-electron chi connectivity index (χ3n) is 2.54. The van der Waals surface area contributed by atoms with Gasteiger partial charge in [-0.1, -0.05) is 30.3 Å². The Bertz CT molecular complexity index is 451. The second-order valence-electron chi connectivity index (χ2n) is 4.12. The van der Waals surface area contributed by atoms with Crippen LogP contribution in [0.4, 0.5) is 0 Å².